The van der Waals surface area contributed by atoms with Gasteiger partial charge in [0.15, 0.2) is 0 Å². The molecule has 3 rings (SSSR count). The van der Waals surface area contributed by atoms with E-state index < -0.39 is 0 Å². The normalized spacial score (nSPS) is 24.8. The Morgan fingerprint density at radius 2 is 2.17 bits per heavy atom. The van der Waals surface area contributed by atoms with Gasteiger partial charge < -0.3 is 10.1 Å². The molecule has 96 valence electrons. The zero-order chi connectivity index (χ0) is 12.6. The molecular weight excluding hydrogens is 226 g/mol. The van der Waals surface area contributed by atoms with Gasteiger partial charge in [-0.05, 0) is 37.3 Å². The Morgan fingerprint density at radius 3 is 2.89 bits per heavy atom. The molecule has 3 heteroatoms. The summed E-state index contributed by atoms with van der Waals surface area (Å²) >= 11 is 0. The summed E-state index contributed by atoms with van der Waals surface area (Å²) in [6, 6.07) is 8.61. The maximum absolute atomic E-state index is 12.2. The van der Waals surface area contributed by atoms with E-state index in [0.29, 0.717) is 13.2 Å². The molecule has 3 nitrogen and oxygen atoms in total. The van der Waals surface area contributed by atoms with Gasteiger partial charge in [0, 0.05) is 0 Å². The summed E-state index contributed by atoms with van der Waals surface area (Å²) in [5.74, 6) is 0.135. The maximum atomic E-state index is 12.2. The number of nitrogens with one attached hydrogen (secondary N) is 1. The van der Waals surface area contributed by atoms with Crippen LogP contribution in [0.1, 0.15) is 36.9 Å². The van der Waals surface area contributed by atoms with E-state index in [9.17, 15) is 4.79 Å². The first-order valence-electron chi connectivity index (χ1n) is 6.66. The number of carbonyl (C=O) groups excluding carboxylic acids is 1. The molecular formula is C15H19NO2. The molecule has 0 bridgehead atoms. The zero-order valence-corrected chi connectivity index (χ0v) is 10.7. The molecule has 1 amide bonds. The zero-order valence-electron chi connectivity index (χ0n) is 10.7. The van der Waals surface area contributed by atoms with Gasteiger partial charge in [0.2, 0.25) is 5.91 Å². The van der Waals surface area contributed by atoms with Crippen LogP contribution in [0.2, 0.25) is 0 Å². The molecule has 1 heterocycles. The number of rotatable bonds is 2. The summed E-state index contributed by atoms with van der Waals surface area (Å²) in [6.07, 6.45) is 3.32. The van der Waals surface area contributed by atoms with E-state index in [2.05, 4.69) is 29.6 Å². The van der Waals surface area contributed by atoms with Gasteiger partial charge in [0.25, 0.3) is 0 Å². The largest absolute Gasteiger partial charge is 0.379 e. The van der Waals surface area contributed by atoms with Crippen molar-refractivity contribution in [3.8, 4) is 0 Å². The first kappa shape index (κ1) is 11.7. The van der Waals surface area contributed by atoms with Crippen molar-refractivity contribution in [2.75, 3.05) is 13.2 Å². The van der Waals surface area contributed by atoms with Gasteiger partial charge in [-0.3, -0.25) is 4.79 Å². The minimum Gasteiger partial charge on any atom is -0.379 e. The van der Waals surface area contributed by atoms with Gasteiger partial charge in [-0.2, -0.15) is 0 Å². The van der Waals surface area contributed by atoms with Gasteiger partial charge in [-0.1, -0.05) is 24.3 Å². The Balaban J connectivity index is 1.76. The summed E-state index contributed by atoms with van der Waals surface area (Å²) in [6.45, 7) is 3.07. The first-order valence-corrected chi connectivity index (χ1v) is 6.66. The van der Waals surface area contributed by atoms with Crippen molar-refractivity contribution in [3.05, 3.63) is 35.4 Å². The highest BCUT2D eigenvalue weighted by atomic mass is 16.5. The molecule has 1 aromatic carbocycles. The smallest absolute Gasteiger partial charge is 0.231 e. The lowest BCUT2D eigenvalue weighted by Gasteiger charge is -2.38. The quantitative estimate of drug-likeness (QED) is 0.867. The van der Waals surface area contributed by atoms with Crippen LogP contribution < -0.4 is 5.32 Å². The Morgan fingerprint density at radius 1 is 1.39 bits per heavy atom. The van der Waals surface area contributed by atoms with Crippen LogP contribution in [0.15, 0.2) is 24.3 Å². The third-order valence-electron chi connectivity index (χ3n) is 4.06. The van der Waals surface area contributed by atoms with E-state index in [1.807, 2.05) is 6.92 Å². The van der Waals surface area contributed by atoms with Gasteiger partial charge in [-0.15, -0.1) is 0 Å². The molecule has 2 aliphatic rings. The van der Waals surface area contributed by atoms with Crippen LogP contribution in [-0.2, 0) is 16.0 Å². The number of hydrogen-bond donors (Lipinski definition) is 1. The predicted octanol–water partition coefficient (Wildman–Crippen LogP) is 2.22. The van der Waals surface area contributed by atoms with Gasteiger partial charge in [-0.25, -0.2) is 0 Å². The van der Waals surface area contributed by atoms with Crippen molar-refractivity contribution in [3.63, 3.8) is 0 Å². The van der Waals surface area contributed by atoms with Crippen molar-refractivity contribution in [2.24, 2.45) is 5.41 Å². The summed E-state index contributed by atoms with van der Waals surface area (Å²) in [4.78, 5) is 12.2. The third kappa shape index (κ3) is 1.93. The van der Waals surface area contributed by atoms with E-state index in [-0.39, 0.29) is 17.4 Å². The second kappa shape index (κ2) is 4.39. The molecule has 18 heavy (non-hydrogen) atoms. The molecule has 0 saturated carbocycles. The Labute approximate surface area is 108 Å². The molecule has 0 spiro atoms. The lowest BCUT2D eigenvalue weighted by Crippen LogP contribution is -2.52. The fourth-order valence-corrected chi connectivity index (χ4v) is 2.78. The van der Waals surface area contributed by atoms with Crippen LogP contribution in [0.25, 0.3) is 0 Å². The van der Waals surface area contributed by atoms with Crippen molar-refractivity contribution >= 4 is 5.91 Å². The third-order valence-corrected chi connectivity index (χ3v) is 4.06. The Bertz CT molecular complexity index is 465. The molecule has 1 fully saturated rings. The number of benzene rings is 1. The van der Waals surface area contributed by atoms with Crippen LogP contribution in [0, 0.1) is 5.41 Å². The van der Waals surface area contributed by atoms with E-state index in [0.717, 1.165) is 19.3 Å². The van der Waals surface area contributed by atoms with E-state index in [1.165, 1.54) is 11.1 Å². The number of hydrogen-bond acceptors (Lipinski definition) is 2. The van der Waals surface area contributed by atoms with Crippen molar-refractivity contribution in [1.82, 2.24) is 5.32 Å². The van der Waals surface area contributed by atoms with Gasteiger partial charge >= 0.3 is 0 Å². The fraction of sp³-hybridized carbons (Fsp3) is 0.533. The summed E-state index contributed by atoms with van der Waals surface area (Å²) in [7, 11) is 0. The standard InChI is InChI=1S/C15H19NO2/c1-15(9-18-10-15)14(17)16-13-8-4-6-11-5-2-3-7-12(11)13/h2-3,5,7,13H,4,6,8-10H2,1H3,(H,16,17). The van der Waals surface area contributed by atoms with Crippen LogP contribution in [0.4, 0.5) is 0 Å². The Kier molecular flexibility index (Phi) is 2.86. The lowest BCUT2D eigenvalue weighted by atomic mass is 9.84. The van der Waals surface area contributed by atoms with Crippen LogP contribution in [-0.4, -0.2) is 19.1 Å². The van der Waals surface area contributed by atoms with Crippen molar-refractivity contribution in [1.29, 1.82) is 0 Å². The molecule has 1 aliphatic carbocycles. The molecule has 1 N–H and O–H groups in total. The second-order valence-electron chi connectivity index (χ2n) is 5.67. The molecule has 1 saturated heterocycles. The molecule has 1 atom stereocenters. The number of ether oxygens (including phenoxy) is 1. The van der Waals surface area contributed by atoms with Crippen molar-refractivity contribution in [2.45, 2.75) is 32.2 Å². The lowest BCUT2D eigenvalue weighted by molar-refractivity contribution is -0.158. The van der Waals surface area contributed by atoms with Crippen molar-refractivity contribution < 1.29 is 9.53 Å². The first-order chi connectivity index (χ1) is 8.69. The molecule has 0 radical (unpaired) electrons. The maximum Gasteiger partial charge on any atom is 0.231 e. The van der Waals surface area contributed by atoms with E-state index in [1.54, 1.807) is 0 Å². The van der Waals surface area contributed by atoms with E-state index >= 15 is 0 Å². The number of amides is 1. The number of fused-ring (bicyclic) bond motifs is 1. The number of aryl methyl sites for hydroxylation is 1. The molecule has 1 aromatic rings. The van der Waals surface area contributed by atoms with Crippen LogP contribution in [0.5, 0.6) is 0 Å². The minimum absolute atomic E-state index is 0.135. The van der Waals surface area contributed by atoms with Crippen LogP contribution in [0.3, 0.4) is 0 Å². The summed E-state index contributed by atoms with van der Waals surface area (Å²) < 4.78 is 5.16. The molecule has 0 aromatic heterocycles. The highest BCUT2D eigenvalue weighted by Crippen LogP contribution is 2.32. The highest BCUT2D eigenvalue weighted by molar-refractivity contribution is 5.83. The van der Waals surface area contributed by atoms with Gasteiger partial charge in [0.1, 0.15) is 0 Å². The monoisotopic (exact) mass is 245 g/mol. The Hall–Kier alpha value is -1.35. The molecule has 1 aliphatic heterocycles. The highest BCUT2D eigenvalue weighted by Gasteiger charge is 2.42. The summed E-state index contributed by atoms with van der Waals surface area (Å²) in [5, 5.41) is 3.20. The average molecular weight is 245 g/mol. The fourth-order valence-electron chi connectivity index (χ4n) is 2.78. The summed E-state index contributed by atoms with van der Waals surface area (Å²) in [5.41, 5.74) is 2.36. The minimum atomic E-state index is -0.313. The number of carbonyl (C=O) groups is 1. The molecule has 1 unspecified atom stereocenters. The van der Waals surface area contributed by atoms with Crippen LogP contribution >= 0.6 is 0 Å². The topological polar surface area (TPSA) is 38.3 Å². The SMILES string of the molecule is CC1(C(=O)NC2CCCc3ccccc32)COC1. The van der Waals surface area contributed by atoms with E-state index in [4.69, 9.17) is 4.74 Å². The van der Waals surface area contributed by atoms with Gasteiger partial charge in [0.05, 0.1) is 24.7 Å². The average Bonchev–Trinajstić information content (AvgIpc) is 2.36. The second-order valence-corrected chi connectivity index (χ2v) is 5.67. The predicted molar refractivity (Wildman–Crippen MR) is 69.2 cm³/mol.